The van der Waals surface area contributed by atoms with Crippen LogP contribution in [0.25, 0.3) is 33.0 Å². The number of benzene rings is 8. The van der Waals surface area contributed by atoms with E-state index in [4.69, 9.17) is 0 Å². The van der Waals surface area contributed by atoms with Gasteiger partial charge in [0.1, 0.15) is 0 Å². The maximum atomic E-state index is 2.67. The van der Waals surface area contributed by atoms with Crippen molar-refractivity contribution >= 4 is 34.6 Å². The highest BCUT2D eigenvalue weighted by atomic mass is 31.1. The molecule has 2 aliphatic rings. The molecule has 0 heterocycles. The lowest BCUT2D eigenvalue weighted by Gasteiger charge is -2.38. The van der Waals surface area contributed by atoms with Crippen LogP contribution in [0.5, 0.6) is 0 Å². The highest BCUT2D eigenvalue weighted by Crippen LogP contribution is 2.64. The number of hydrogen-bond acceptors (Lipinski definition) is 0. The Bertz CT molecular complexity index is 2790. The molecular formula is C58H53P. The number of rotatable bonds is 5. The van der Waals surface area contributed by atoms with E-state index < -0.39 is 13.3 Å². The fourth-order valence-corrected chi connectivity index (χ4v) is 13.0. The highest BCUT2D eigenvalue weighted by molar-refractivity contribution is 7.80. The highest BCUT2D eigenvalue weighted by Gasteiger charge is 2.52. The summed E-state index contributed by atoms with van der Waals surface area (Å²) in [5.74, 6) is 0. The van der Waals surface area contributed by atoms with Crippen molar-refractivity contribution in [2.75, 3.05) is 0 Å². The van der Waals surface area contributed by atoms with Crippen LogP contribution in [0.15, 0.2) is 176 Å². The molecule has 0 amide bonds. The Morgan fingerprint density at radius 1 is 0.407 bits per heavy atom. The molecule has 2 aliphatic carbocycles. The van der Waals surface area contributed by atoms with Gasteiger partial charge in [0.05, 0.1) is 5.41 Å². The Labute approximate surface area is 352 Å². The van der Waals surface area contributed by atoms with Crippen LogP contribution in [0.2, 0.25) is 0 Å². The van der Waals surface area contributed by atoms with Crippen molar-refractivity contribution in [1.29, 1.82) is 0 Å². The molecule has 0 aliphatic heterocycles. The van der Waals surface area contributed by atoms with Crippen molar-refractivity contribution in [2.45, 2.75) is 77.0 Å². The molecule has 0 nitrogen and oxygen atoms in total. The zero-order valence-corrected chi connectivity index (χ0v) is 36.6. The number of fused-ring (bicyclic) bond motifs is 9. The third-order valence-corrected chi connectivity index (χ3v) is 15.9. The van der Waals surface area contributed by atoms with Gasteiger partial charge in [0.15, 0.2) is 0 Å². The van der Waals surface area contributed by atoms with E-state index in [1.165, 1.54) is 93.4 Å². The first kappa shape index (κ1) is 37.7. The summed E-state index contributed by atoms with van der Waals surface area (Å²) in [5.41, 5.74) is 15.8. The Morgan fingerprint density at radius 2 is 0.881 bits per heavy atom. The van der Waals surface area contributed by atoms with Gasteiger partial charge < -0.3 is 0 Å². The van der Waals surface area contributed by atoms with Crippen molar-refractivity contribution in [3.63, 3.8) is 0 Å². The molecule has 0 saturated carbocycles. The number of hydrogen-bond donors (Lipinski definition) is 0. The van der Waals surface area contributed by atoms with Gasteiger partial charge in [-0.3, -0.25) is 0 Å². The van der Waals surface area contributed by atoms with Gasteiger partial charge in [0, 0.05) is 5.41 Å². The molecular weight excluding hydrogens is 728 g/mol. The van der Waals surface area contributed by atoms with Gasteiger partial charge in [-0.25, -0.2) is 0 Å². The predicted octanol–water partition coefficient (Wildman–Crippen LogP) is 13.9. The summed E-state index contributed by atoms with van der Waals surface area (Å²) in [4.78, 5) is 0. The van der Waals surface area contributed by atoms with Crippen LogP contribution in [0.1, 0.15) is 99.9 Å². The Balaban J connectivity index is 1.36. The van der Waals surface area contributed by atoms with Crippen molar-refractivity contribution in [3.8, 4) is 22.3 Å². The molecule has 0 radical (unpaired) electrons. The quantitative estimate of drug-likeness (QED) is 0.153. The van der Waals surface area contributed by atoms with E-state index in [-0.39, 0.29) is 16.2 Å². The summed E-state index contributed by atoms with van der Waals surface area (Å²) in [5, 5.41) is 6.82. The monoisotopic (exact) mass is 780 g/mol. The van der Waals surface area contributed by atoms with Gasteiger partial charge in [-0.05, 0) is 118 Å². The van der Waals surface area contributed by atoms with Crippen molar-refractivity contribution < 1.29 is 0 Å². The lowest BCUT2D eigenvalue weighted by Crippen LogP contribution is -2.33. The van der Waals surface area contributed by atoms with E-state index >= 15 is 0 Å². The second kappa shape index (κ2) is 13.5. The minimum Gasteiger partial charge on any atom is -0.0622 e. The van der Waals surface area contributed by atoms with Gasteiger partial charge in [0.2, 0.25) is 0 Å². The van der Waals surface area contributed by atoms with Crippen molar-refractivity contribution in [1.82, 2.24) is 0 Å². The van der Waals surface area contributed by atoms with Gasteiger partial charge in [-0.15, -0.1) is 0 Å². The van der Waals surface area contributed by atoms with Crippen LogP contribution in [0.4, 0.5) is 0 Å². The first-order chi connectivity index (χ1) is 28.3. The van der Waals surface area contributed by atoms with Crippen molar-refractivity contribution in [2.24, 2.45) is 0 Å². The zero-order chi connectivity index (χ0) is 40.9. The Hall–Kier alpha value is -5.55. The van der Waals surface area contributed by atoms with Crippen LogP contribution in [-0.2, 0) is 21.7 Å². The molecule has 0 unspecified atom stereocenters. The van der Waals surface area contributed by atoms with Crippen LogP contribution >= 0.6 is 7.92 Å². The molecule has 0 bridgehead atoms. The molecule has 8 aromatic rings. The third-order valence-electron chi connectivity index (χ3n) is 13.4. The minimum absolute atomic E-state index is 0.0698. The van der Waals surface area contributed by atoms with E-state index in [2.05, 4.69) is 231 Å². The third kappa shape index (κ3) is 5.67. The first-order valence-corrected chi connectivity index (χ1v) is 22.6. The SMILES string of the molecule is CC(C)(C)c1ccc(P(c2ccc(C(C)(C)C)cc2)c2cc3c(c4ccccc24)-c2ccc4c(c2C3(c2ccccc2)c2ccccc2)C(C)(C)c2ccccc2-4)cc1. The summed E-state index contributed by atoms with van der Waals surface area (Å²) in [6.45, 7) is 18.8. The average Bonchev–Trinajstić information content (AvgIpc) is 3.67. The maximum Gasteiger partial charge on any atom is 0.0717 e. The lowest BCUT2D eigenvalue weighted by molar-refractivity contribution is 0.590. The minimum atomic E-state index is -0.966. The molecule has 8 aromatic carbocycles. The second-order valence-corrected chi connectivity index (χ2v) is 21.5. The largest absolute Gasteiger partial charge is 0.0717 e. The smallest absolute Gasteiger partial charge is 0.0622 e. The molecule has 1 heteroatoms. The summed E-state index contributed by atoms with van der Waals surface area (Å²) >= 11 is 0. The van der Waals surface area contributed by atoms with Gasteiger partial charge >= 0.3 is 0 Å². The van der Waals surface area contributed by atoms with Crippen molar-refractivity contribution in [3.05, 3.63) is 220 Å². The van der Waals surface area contributed by atoms with E-state index in [9.17, 15) is 0 Å². The lowest BCUT2D eigenvalue weighted by atomic mass is 9.64. The van der Waals surface area contributed by atoms with Crippen LogP contribution in [-0.4, -0.2) is 0 Å². The van der Waals surface area contributed by atoms with E-state index in [0.717, 1.165) is 0 Å². The molecule has 10 rings (SSSR count). The van der Waals surface area contributed by atoms with Gasteiger partial charge in [-0.1, -0.05) is 225 Å². The molecule has 0 aromatic heterocycles. The summed E-state index contributed by atoms with van der Waals surface area (Å²) in [6, 6.07) is 68.0. The topological polar surface area (TPSA) is 0 Å². The molecule has 0 fully saturated rings. The normalized spacial score (nSPS) is 14.9. The molecule has 0 N–H and O–H groups in total. The average molecular weight is 781 g/mol. The first-order valence-electron chi connectivity index (χ1n) is 21.3. The zero-order valence-electron chi connectivity index (χ0n) is 35.7. The predicted molar refractivity (Wildman–Crippen MR) is 255 cm³/mol. The molecule has 0 spiro atoms. The second-order valence-electron chi connectivity index (χ2n) is 19.4. The summed E-state index contributed by atoms with van der Waals surface area (Å²) < 4.78 is 0. The summed E-state index contributed by atoms with van der Waals surface area (Å²) in [6.07, 6.45) is 0. The molecule has 0 saturated heterocycles. The van der Waals surface area contributed by atoms with Crippen LogP contribution < -0.4 is 15.9 Å². The fraction of sp³-hybridized carbons (Fsp3) is 0.207. The maximum absolute atomic E-state index is 2.67. The fourth-order valence-electron chi connectivity index (χ4n) is 10.5. The molecule has 290 valence electrons. The molecule has 59 heavy (non-hydrogen) atoms. The van der Waals surface area contributed by atoms with E-state index in [1.807, 2.05) is 0 Å². The van der Waals surface area contributed by atoms with Gasteiger partial charge in [0.25, 0.3) is 0 Å². The van der Waals surface area contributed by atoms with Crippen LogP contribution in [0, 0.1) is 0 Å². The Kier molecular flexibility index (Phi) is 8.62. The Morgan fingerprint density at radius 3 is 1.42 bits per heavy atom. The standard InChI is InChI=1S/C58H53P/c1-55(2,3)38-27-31-42(32-28-38)59(43-33-29-39(30-34-43)56(4,5)6)51-37-50-52(46-25-16-15-24-45(46)51)48-36-35-47-44-23-17-18-26-49(44)57(7,8)53(47)54(48)58(50,40-19-11-9-12-20-40)41-21-13-10-14-22-41/h9-37H,1-8H3. The van der Waals surface area contributed by atoms with Crippen LogP contribution in [0.3, 0.4) is 0 Å². The molecule has 0 atom stereocenters. The van der Waals surface area contributed by atoms with Gasteiger partial charge in [-0.2, -0.15) is 0 Å². The summed E-state index contributed by atoms with van der Waals surface area (Å²) in [7, 11) is -0.966. The van der Waals surface area contributed by atoms with E-state index in [1.54, 1.807) is 0 Å². The van der Waals surface area contributed by atoms with E-state index in [0.29, 0.717) is 0 Å².